The number of nitro benzene ring substituents is 1. The largest absolute Gasteiger partial charge is 0.491 e. The monoisotopic (exact) mass is 372 g/mol. The number of ether oxygens (including phenoxy) is 1. The van der Waals surface area contributed by atoms with Crippen LogP contribution in [-0.2, 0) is 11.3 Å². The minimum Gasteiger partial charge on any atom is -0.491 e. The molecule has 7 heteroatoms. The molecule has 0 aromatic heterocycles. The maximum absolute atomic E-state index is 12.0. The zero-order valence-electron chi connectivity index (χ0n) is 15.4. The highest BCUT2D eigenvalue weighted by Crippen LogP contribution is 2.29. The molecule has 2 rings (SSSR count). The molecule has 0 saturated carbocycles. The summed E-state index contributed by atoms with van der Waals surface area (Å²) in [6.07, 6.45) is -0.421. The molecule has 0 aliphatic heterocycles. The summed E-state index contributed by atoms with van der Waals surface area (Å²) < 4.78 is 5.74. The van der Waals surface area contributed by atoms with Crippen molar-refractivity contribution in [3.63, 3.8) is 0 Å². The lowest BCUT2D eigenvalue weighted by Crippen LogP contribution is -2.24. The molecule has 2 atom stereocenters. The molecule has 27 heavy (non-hydrogen) atoms. The second kappa shape index (κ2) is 9.68. The van der Waals surface area contributed by atoms with Crippen molar-refractivity contribution >= 4 is 11.6 Å². The van der Waals surface area contributed by atoms with Crippen molar-refractivity contribution in [2.45, 2.75) is 45.4 Å². The van der Waals surface area contributed by atoms with Crippen molar-refractivity contribution in [1.29, 1.82) is 0 Å². The van der Waals surface area contributed by atoms with Gasteiger partial charge in [0.2, 0.25) is 5.91 Å². The molecule has 0 fully saturated rings. The number of hydrogen-bond acceptors (Lipinski definition) is 5. The molecule has 2 N–H and O–H groups in total. The zero-order valence-corrected chi connectivity index (χ0v) is 15.4. The summed E-state index contributed by atoms with van der Waals surface area (Å²) in [6, 6.07) is 13.9. The fourth-order valence-corrected chi connectivity index (χ4v) is 2.62. The average Bonchev–Trinajstić information content (AvgIpc) is 2.65. The first-order chi connectivity index (χ1) is 12.9. The van der Waals surface area contributed by atoms with Gasteiger partial charge in [-0.15, -0.1) is 0 Å². The Hall–Kier alpha value is -2.93. The Balaban J connectivity index is 1.84. The Kier molecular flexibility index (Phi) is 7.31. The van der Waals surface area contributed by atoms with E-state index in [9.17, 15) is 20.0 Å². The van der Waals surface area contributed by atoms with Crippen LogP contribution in [0, 0.1) is 10.1 Å². The van der Waals surface area contributed by atoms with Gasteiger partial charge in [0.1, 0.15) is 5.75 Å². The number of aliphatic hydroxyl groups is 1. The smallest absolute Gasteiger partial charge is 0.275 e. The van der Waals surface area contributed by atoms with Crippen molar-refractivity contribution in [2.75, 3.05) is 0 Å². The van der Waals surface area contributed by atoms with Gasteiger partial charge in [-0.05, 0) is 38.0 Å². The third-order valence-electron chi connectivity index (χ3n) is 4.09. The lowest BCUT2D eigenvalue weighted by Gasteiger charge is -2.16. The highest BCUT2D eigenvalue weighted by atomic mass is 16.6. The van der Waals surface area contributed by atoms with E-state index < -0.39 is 11.0 Å². The van der Waals surface area contributed by atoms with E-state index in [0.29, 0.717) is 25.1 Å². The van der Waals surface area contributed by atoms with Gasteiger partial charge in [0.05, 0.1) is 22.7 Å². The van der Waals surface area contributed by atoms with Crippen LogP contribution in [0.2, 0.25) is 0 Å². The van der Waals surface area contributed by atoms with Gasteiger partial charge in [-0.25, -0.2) is 0 Å². The van der Waals surface area contributed by atoms with Crippen LogP contribution in [0.25, 0.3) is 0 Å². The first-order valence-electron chi connectivity index (χ1n) is 8.80. The standard InChI is InChI=1S/C20H24N2O5/c1-14(8-11-20(24)21-13-16-6-4-3-5-7-16)27-17-9-10-19(22(25)26)18(12-17)15(2)23/h3-7,9-10,12,14-15,23H,8,11,13H2,1-2H3,(H,21,24). The Morgan fingerprint density at radius 2 is 1.93 bits per heavy atom. The Morgan fingerprint density at radius 1 is 1.22 bits per heavy atom. The SMILES string of the molecule is CC(CCC(=O)NCc1ccccc1)Oc1ccc([N+](=O)[O-])c(C(C)O)c1. The Bertz CT molecular complexity index is 777. The number of hydrogen-bond donors (Lipinski definition) is 2. The maximum Gasteiger partial charge on any atom is 0.275 e. The van der Waals surface area contributed by atoms with Crippen molar-refractivity contribution in [1.82, 2.24) is 5.32 Å². The summed E-state index contributed by atoms with van der Waals surface area (Å²) in [5, 5.41) is 23.6. The van der Waals surface area contributed by atoms with Crippen LogP contribution in [0.15, 0.2) is 48.5 Å². The zero-order chi connectivity index (χ0) is 19.8. The van der Waals surface area contributed by atoms with Crippen molar-refractivity contribution in [2.24, 2.45) is 0 Å². The first-order valence-corrected chi connectivity index (χ1v) is 8.80. The summed E-state index contributed by atoms with van der Waals surface area (Å²) in [5.74, 6) is 0.358. The van der Waals surface area contributed by atoms with Gasteiger partial charge in [-0.2, -0.15) is 0 Å². The molecular weight excluding hydrogens is 348 g/mol. The number of rotatable bonds is 9. The van der Waals surface area contributed by atoms with Gasteiger partial charge in [-0.3, -0.25) is 14.9 Å². The lowest BCUT2D eigenvalue weighted by molar-refractivity contribution is -0.386. The molecule has 0 aliphatic rings. The van der Waals surface area contributed by atoms with Crippen LogP contribution in [0.3, 0.4) is 0 Å². The fraction of sp³-hybridized carbons (Fsp3) is 0.350. The quantitative estimate of drug-likeness (QED) is 0.518. The van der Waals surface area contributed by atoms with Gasteiger partial charge < -0.3 is 15.2 Å². The number of carbonyl (C=O) groups is 1. The molecule has 1 amide bonds. The van der Waals surface area contributed by atoms with Gasteiger partial charge in [0.25, 0.3) is 5.69 Å². The molecule has 0 heterocycles. The van der Waals surface area contributed by atoms with E-state index in [1.807, 2.05) is 37.3 Å². The van der Waals surface area contributed by atoms with Gasteiger partial charge in [-0.1, -0.05) is 30.3 Å². The molecule has 2 aromatic rings. The molecule has 2 aromatic carbocycles. The topological polar surface area (TPSA) is 102 Å². The molecule has 2 unspecified atom stereocenters. The number of nitrogens with zero attached hydrogens (tertiary/aromatic N) is 1. The van der Waals surface area contributed by atoms with Gasteiger partial charge in [0, 0.05) is 19.0 Å². The van der Waals surface area contributed by atoms with Crippen molar-refractivity contribution in [3.8, 4) is 5.75 Å². The van der Waals surface area contributed by atoms with Crippen molar-refractivity contribution < 1.29 is 19.6 Å². The van der Waals surface area contributed by atoms with E-state index in [4.69, 9.17) is 4.74 Å². The molecule has 7 nitrogen and oxygen atoms in total. The predicted octanol–water partition coefficient (Wildman–Crippen LogP) is 3.51. The molecule has 0 aliphatic carbocycles. The van der Waals surface area contributed by atoms with Gasteiger partial charge in [0.15, 0.2) is 0 Å². The van der Waals surface area contributed by atoms with Crippen LogP contribution < -0.4 is 10.1 Å². The van der Waals surface area contributed by atoms with Crippen LogP contribution in [0.5, 0.6) is 5.75 Å². The average molecular weight is 372 g/mol. The van der Waals surface area contributed by atoms with E-state index in [1.54, 1.807) is 0 Å². The molecule has 0 saturated heterocycles. The molecular formula is C20H24N2O5. The van der Waals surface area contributed by atoms with E-state index in [0.717, 1.165) is 5.56 Å². The summed E-state index contributed by atoms with van der Waals surface area (Å²) >= 11 is 0. The lowest BCUT2D eigenvalue weighted by atomic mass is 10.1. The summed E-state index contributed by atoms with van der Waals surface area (Å²) in [6.45, 7) is 3.77. The van der Waals surface area contributed by atoms with E-state index in [1.165, 1.54) is 25.1 Å². The Morgan fingerprint density at radius 3 is 2.56 bits per heavy atom. The van der Waals surface area contributed by atoms with Crippen LogP contribution in [0.4, 0.5) is 5.69 Å². The number of carbonyl (C=O) groups excluding carboxylic acids is 1. The third kappa shape index (κ3) is 6.38. The second-order valence-electron chi connectivity index (χ2n) is 6.38. The van der Waals surface area contributed by atoms with Crippen LogP contribution in [-0.4, -0.2) is 22.0 Å². The number of nitro groups is 1. The van der Waals surface area contributed by atoms with E-state index >= 15 is 0 Å². The minimum atomic E-state index is -0.979. The number of amides is 1. The summed E-state index contributed by atoms with van der Waals surface area (Å²) in [4.78, 5) is 22.4. The van der Waals surface area contributed by atoms with Crippen LogP contribution >= 0.6 is 0 Å². The third-order valence-corrected chi connectivity index (χ3v) is 4.09. The summed E-state index contributed by atoms with van der Waals surface area (Å²) in [7, 11) is 0. The highest BCUT2D eigenvalue weighted by molar-refractivity contribution is 5.75. The maximum atomic E-state index is 12.0. The molecule has 0 radical (unpaired) electrons. The van der Waals surface area contributed by atoms with E-state index in [2.05, 4.69) is 5.32 Å². The molecule has 144 valence electrons. The normalized spacial score (nSPS) is 12.9. The minimum absolute atomic E-state index is 0.0670. The highest BCUT2D eigenvalue weighted by Gasteiger charge is 2.19. The summed E-state index contributed by atoms with van der Waals surface area (Å²) in [5.41, 5.74) is 1.09. The second-order valence-corrected chi connectivity index (χ2v) is 6.38. The number of benzene rings is 2. The van der Waals surface area contributed by atoms with Gasteiger partial charge >= 0.3 is 0 Å². The van der Waals surface area contributed by atoms with Crippen LogP contribution in [0.1, 0.15) is 43.9 Å². The first kappa shape index (κ1) is 20.4. The fourth-order valence-electron chi connectivity index (χ4n) is 2.62. The molecule has 0 bridgehead atoms. The number of nitrogens with one attached hydrogen (secondary N) is 1. The Labute approximate surface area is 158 Å². The molecule has 0 spiro atoms. The number of aliphatic hydroxyl groups excluding tert-OH is 1. The van der Waals surface area contributed by atoms with E-state index in [-0.39, 0.29) is 23.3 Å². The predicted molar refractivity (Wildman–Crippen MR) is 101 cm³/mol. The van der Waals surface area contributed by atoms with Crippen molar-refractivity contribution in [3.05, 3.63) is 69.8 Å².